The van der Waals surface area contributed by atoms with E-state index in [0.717, 1.165) is 17.6 Å². The molecule has 0 radical (unpaired) electrons. The minimum atomic E-state index is -4.74. The summed E-state index contributed by atoms with van der Waals surface area (Å²) >= 11 is 0. The maximum absolute atomic E-state index is 13.1. The Labute approximate surface area is 180 Å². The van der Waals surface area contributed by atoms with Crippen molar-refractivity contribution in [2.24, 2.45) is 0 Å². The minimum absolute atomic E-state index is 0.207. The van der Waals surface area contributed by atoms with Gasteiger partial charge in [-0.25, -0.2) is 9.97 Å². The molecule has 0 amide bonds. The van der Waals surface area contributed by atoms with Gasteiger partial charge in [0.2, 0.25) is 11.6 Å². The molecule has 0 bridgehead atoms. The molecule has 0 atom stereocenters. The maximum atomic E-state index is 13.1. The number of fused-ring (bicyclic) bond motifs is 5. The lowest BCUT2D eigenvalue weighted by molar-refractivity contribution is -0.145. The number of carbonyl (C=O) groups excluding carboxylic acids is 1. The second-order valence-electron chi connectivity index (χ2n) is 7.60. The van der Waals surface area contributed by atoms with E-state index in [-0.39, 0.29) is 16.8 Å². The summed E-state index contributed by atoms with van der Waals surface area (Å²) in [4.78, 5) is 26.2. The SMILES string of the molecule is CN(C)c1ccc(Nc2cccc3ncc4c(c23)-c2cnc(C(F)(F)F)nc2C4=O)cc1. The van der Waals surface area contributed by atoms with Gasteiger partial charge in [0, 0.05) is 60.1 Å². The Bertz CT molecular complexity index is 1380. The fourth-order valence-corrected chi connectivity index (χ4v) is 3.80. The average molecular weight is 435 g/mol. The Hall–Kier alpha value is -4.01. The van der Waals surface area contributed by atoms with Crippen LogP contribution in [0.1, 0.15) is 21.9 Å². The fourth-order valence-electron chi connectivity index (χ4n) is 3.80. The fraction of sp³-hybridized carbons (Fsp3) is 0.130. The van der Waals surface area contributed by atoms with E-state index in [2.05, 4.69) is 20.3 Å². The molecule has 160 valence electrons. The van der Waals surface area contributed by atoms with Crippen molar-refractivity contribution < 1.29 is 18.0 Å². The lowest BCUT2D eigenvalue weighted by Crippen LogP contribution is -2.13. The molecule has 0 aliphatic heterocycles. The summed E-state index contributed by atoms with van der Waals surface area (Å²) in [6, 6.07) is 13.2. The van der Waals surface area contributed by atoms with Crippen LogP contribution in [0.5, 0.6) is 0 Å². The number of anilines is 3. The molecule has 1 aliphatic carbocycles. The maximum Gasteiger partial charge on any atom is 0.451 e. The van der Waals surface area contributed by atoms with E-state index in [1.807, 2.05) is 55.4 Å². The number of pyridine rings is 1. The highest BCUT2D eigenvalue weighted by molar-refractivity contribution is 6.25. The van der Waals surface area contributed by atoms with Crippen molar-refractivity contribution in [3.63, 3.8) is 0 Å². The minimum Gasteiger partial charge on any atom is -0.378 e. The number of hydrogen-bond acceptors (Lipinski definition) is 6. The van der Waals surface area contributed by atoms with Crippen molar-refractivity contribution in [3.8, 4) is 11.1 Å². The van der Waals surface area contributed by atoms with Crippen LogP contribution in [0.2, 0.25) is 0 Å². The van der Waals surface area contributed by atoms with Crippen LogP contribution >= 0.6 is 0 Å². The van der Waals surface area contributed by atoms with Crippen LogP contribution in [0.4, 0.5) is 30.2 Å². The zero-order valence-electron chi connectivity index (χ0n) is 17.0. The van der Waals surface area contributed by atoms with Crippen molar-refractivity contribution in [1.82, 2.24) is 15.0 Å². The summed E-state index contributed by atoms with van der Waals surface area (Å²) in [5.41, 5.74) is 3.81. The molecule has 1 aliphatic rings. The monoisotopic (exact) mass is 435 g/mol. The molecule has 0 saturated heterocycles. The van der Waals surface area contributed by atoms with Gasteiger partial charge in [-0.05, 0) is 36.4 Å². The van der Waals surface area contributed by atoms with Crippen molar-refractivity contribution in [3.05, 3.63) is 71.9 Å². The van der Waals surface area contributed by atoms with E-state index in [1.165, 1.54) is 6.20 Å². The number of benzene rings is 2. The number of rotatable bonds is 3. The Morgan fingerprint density at radius 3 is 2.34 bits per heavy atom. The highest BCUT2D eigenvalue weighted by Gasteiger charge is 2.39. The normalized spacial score (nSPS) is 12.6. The highest BCUT2D eigenvalue weighted by atomic mass is 19.4. The molecule has 0 fully saturated rings. The zero-order chi connectivity index (χ0) is 22.6. The first-order chi connectivity index (χ1) is 15.2. The van der Waals surface area contributed by atoms with Gasteiger partial charge in [0.25, 0.3) is 0 Å². The predicted molar refractivity (Wildman–Crippen MR) is 115 cm³/mol. The molecule has 2 aromatic carbocycles. The molecular weight excluding hydrogens is 419 g/mol. The average Bonchev–Trinajstić information content (AvgIpc) is 3.05. The van der Waals surface area contributed by atoms with E-state index in [4.69, 9.17) is 0 Å². The van der Waals surface area contributed by atoms with Crippen molar-refractivity contribution in [2.75, 3.05) is 24.3 Å². The lowest BCUT2D eigenvalue weighted by atomic mass is 10.0. The summed E-state index contributed by atoms with van der Waals surface area (Å²) in [5, 5.41) is 3.96. The topological polar surface area (TPSA) is 71.0 Å². The molecule has 0 saturated carbocycles. The summed E-state index contributed by atoms with van der Waals surface area (Å²) in [7, 11) is 3.89. The molecule has 2 heterocycles. The van der Waals surface area contributed by atoms with Gasteiger partial charge in [0.15, 0.2) is 0 Å². The Kier molecular flexibility index (Phi) is 4.37. The number of carbonyl (C=O) groups is 1. The van der Waals surface area contributed by atoms with Crippen LogP contribution in [0.15, 0.2) is 54.9 Å². The number of hydrogen-bond donors (Lipinski definition) is 1. The molecule has 4 aromatic rings. The molecular formula is C23H16F3N5O. The van der Waals surface area contributed by atoms with Gasteiger partial charge in [-0.2, -0.15) is 13.2 Å². The first-order valence-corrected chi connectivity index (χ1v) is 9.69. The Morgan fingerprint density at radius 1 is 0.938 bits per heavy atom. The van der Waals surface area contributed by atoms with Gasteiger partial charge >= 0.3 is 6.18 Å². The van der Waals surface area contributed by atoms with Gasteiger partial charge in [0.1, 0.15) is 5.69 Å². The number of halogens is 3. The third kappa shape index (κ3) is 3.13. The number of ketones is 1. The predicted octanol–water partition coefficient (Wildman–Crippen LogP) is 5.06. The molecule has 6 nitrogen and oxygen atoms in total. The summed E-state index contributed by atoms with van der Waals surface area (Å²) in [6.07, 6.45) is -2.29. The van der Waals surface area contributed by atoms with Crippen LogP contribution in [-0.4, -0.2) is 34.8 Å². The smallest absolute Gasteiger partial charge is 0.378 e. The van der Waals surface area contributed by atoms with Gasteiger partial charge in [-0.15, -0.1) is 0 Å². The van der Waals surface area contributed by atoms with Crippen molar-refractivity contribution in [2.45, 2.75) is 6.18 Å². The van der Waals surface area contributed by atoms with Crippen molar-refractivity contribution >= 4 is 33.7 Å². The molecule has 0 spiro atoms. The highest BCUT2D eigenvalue weighted by Crippen LogP contribution is 2.43. The Morgan fingerprint density at radius 2 is 1.66 bits per heavy atom. The zero-order valence-corrected chi connectivity index (χ0v) is 17.0. The van der Waals surface area contributed by atoms with Crippen LogP contribution < -0.4 is 10.2 Å². The summed E-state index contributed by atoms with van der Waals surface area (Å²) < 4.78 is 39.3. The molecule has 1 N–H and O–H groups in total. The third-order valence-electron chi connectivity index (χ3n) is 5.33. The number of alkyl halides is 3. The van der Waals surface area contributed by atoms with Crippen LogP contribution in [-0.2, 0) is 6.18 Å². The first-order valence-electron chi connectivity index (χ1n) is 9.69. The summed E-state index contributed by atoms with van der Waals surface area (Å²) in [5.74, 6) is -1.93. The molecule has 32 heavy (non-hydrogen) atoms. The number of nitrogens with zero attached hydrogens (tertiary/aromatic N) is 4. The van der Waals surface area contributed by atoms with Gasteiger partial charge in [-0.3, -0.25) is 9.78 Å². The van der Waals surface area contributed by atoms with E-state index < -0.39 is 17.8 Å². The number of aromatic nitrogens is 3. The van der Waals surface area contributed by atoms with Gasteiger partial charge in [-0.1, -0.05) is 6.07 Å². The van der Waals surface area contributed by atoms with E-state index in [9.17, 15) is 18.0 Å². The molecule has 9 heteroatoms. The molecule has 5 rings (SSSR count). The van der Waals surface area contributed by atoms with Crippen LogP contribution in [0.3, 0.4) is 0 Å². The second-order valence-corrected chi connectivity index (χ2v) is 7.60. The standard InChI is InChI=1S/C23H16F3N5O/c1-31(2)13-8-6-12(7-9-13)29-17-5-3-4-16-19(17)18-14-10-28-22(23(24,25)26)30-20(14)21(32)15(18)11-27-16/h3-11,29H,1-2H3. The van der Waals surface area contributed by atoms with E-state index in [1.54, 1.807) is 6.07 Å². The molecule has 2 aromatic heterocycles. The second kappa shape index (κ2) is 7.01. The molecule has 0 unspecified atom stereocenters. The first kappa shape index (κ1) is 19.9. The largest absolute Gasteiger partial charge is 0.451 e. The number of nitrogens with one attached hydrogen (secondary N) is 1. The Balaban J connectivity index is 1.67. The van der Waals surface area contributed by atoms with Gasteiger partial charge < -0.3 is 10.2 Å². The van der Waals surface area contributed by atoms with Gasteiger partial charge in [0.05, 0.1) is 11.1 Å². The van der Waals surface area contributed by atoms with Crippen LogP contribution in [0, 0.1) is 0 Å². The summed E-state index contributed by atoms with van der Waals surface area (Å²) in [6.45, 7) is 0. The van der Waals surface area contributed by atoms with E-state index in [0.29, 0.717) is 22.2 Å². The lowest BCUT2D eigenvalue weighted by Gasteiger charge is -2.15. The third-order valence-corrected chi connectivity index (χ3v) is 5.33. The van der Waals surface area contributed by atoms with Crippen molar-refractivity contribution in [1.29, 1.82) is 0 Å². The quantitative estimate of drug-likeness (QED) is 0.427. The van der Waals surface area contributed by atoms with E-state index >= 15 is 0 Å². The van der Waals surface area contributed by atoms with Crippen LogP contribution in [0.25, 0.3) is 22.0 Å².